The van der Waals surface area contributed by atoms with E-state index in [2.05, 4.69) is 32.7 Å². The highest BCUT2D eigenvalue weighted by Gasteiger charge is 2.42. The number of ether oxygens (including phenoxy) is 1. The highest BCUT2D eigenvalue weighted by molar-refractivity contribution is 5.78. The quantitative estimate of drug-likeness (QED) is 0.703. The minimum absolute atomic E-state index is 0.121. The molecule has 0 radical (unpaired) electrons. The summed E-state index contributed by atoms with van der Waals surface area (Å²) in [4.78, 5) is 19.1. The molecular formula is C24H32N4O2. The Balaban J connectivity index is 1.25. The molecular weight excluding hydrogens is 376 g/mol. The highest BCUT2D eigenvalue weighted by Crippen LogP contribution is 2.38. The van der Waals surface area contributed by atoms with Gasteiger partial charge in [0.25, 0.3) is 0 Å². The zero-order chi connectivity index (χ0) is 20.8. The van der Waals surface area contributed by atoms with Gasteiger partial charge in [0, 0.05) is 32.9 Å². The van der Waals surface area contributed by atoms with Gasteiger partial charge in [-0.05, 0) is 48.8 Å². The van der Waals surface area contributed by atoms with Crippen molar-refractivity contribution in [1.82, 2.24) is 15.2 Å². The van der Waals surface area contributed by atoms with Crippen molar-refractivity contribution in [2.24, 2.45) is 11.8 Å². The molecule has 4 rings (SSSR count). The Labute approximate surface area is 179 Å². The summed E-state index contributed by atoms with van der Waals surface area (Å²) >= 11 is 0. The fourth-order valence-electron chi connectivity index (χ4n) is 4.94. The van der Waals surface area contributed by atoms with E-state index in [0.717, 1.165) is 38.2 Å². The molecule has 0 spiro atoms. The highest BCUT2D eigenvalue weighted by atomic mass is 16.5. The van der Waals surface area contributed by atoms with E-state index in [-0.39, 0.29) is 18.1 Å². The molecule has 1 saturated heterocycles. The number of nitrogens with one attached hydrogen (secondary N) is 2. The molecule has 2 heterocycles. The van der Waals surface area contributed by atoms with Crippen molar-refractivity contribution in [3.63, 3.8) is 0 Å². The monoisotopic (exact) mass is 408 g/mol. The van der Waals surface area contributed by atoms with Crippen molar-refractivity contribution in [2.45, 2.75) is 31.4 Å². The van der Waals surface area contributed by atoms with E-state index in [1.165, 1.54) is 5.56 Å². The van der Waals surface area contributed by atoms with Crippen LogP contribution in [0.1, 0.15) is 18.4 Å². The predicted octanol–water partition coefficient (Wildman–Crippen LogP) is 2.58. The molecule has 6 nitrogen and oxygen atoms in total. The van der Waals surface area contributed by atoms with Gasteiger partial charge in [-0.1, -0.05) is 36.4 Å². The van der Waals surface area contributed by atoms with Gasteiger partial charge in [0.15, 0.2) is 0 Å². The minimum Gasteiger partial charge on any atom is -0.379 e. The number of benzene rings is 1. The molecule has 0 unspecified atom stereocenters. The van der Waals surface area contributed by atoms with E-state index in [0.29, 0.717) is 24.9 Å². The molecule has 1 aliphatic heterocycles. The molecule has 4 atom stereocenters. The first-order valence-corrected chi connectivity index (χ1v) is 10.9. The summed E-state index contributed by atoms with van der Waals surface area (Å²) in [7, 11) is 1.80. The van der Waals surface area contributed by atoms with Gasteiger partial charge in [0.1, 0.15) is 5.82 Å². The number of anilines is 1. The lowest BCUT2D eigenvalue weighted by Gasteiger charge is -2.37. The van der Waals surface area contributed by atoms with Crippen molar-refractivity contribution in [3.8, 4) is 0 Å². The van der Waals surface area contributed by atoms with Crippen LogP contribution in [0.4, 0.5) is 5.82 Å². The number of carbonyl (C=O) groups excluding carboxylic acids is 1. The van der Waals surface area contributed by atoms with Crippen molar-refractivity contribution < 1.29 is 9.53 Å². The maximum atomic E-state index is 12.4. The second-order valence-corrected chi connectivity index (χ2v) is 8.51. The first-order chi connectivity index (χ1) is 14.7. The summed E-state index contributed by atoms with van der Waals surface area (Å²) in [6, 6.07) is 16.5. The molecule has 1 amide bonds. The van der Waals surface area contributed by atoms with E-state index in [4.69, 9.17) is 4.74 Å². The normalized spacial score (nSPS) is 26.2. The number of methoxy groups -OCH3 is 1. The van der Waals surface area contributed by atoms with Crippen LogP contribution < -0.4 is 10.6 Å². The summed E-state index contributed by atoms with van der Waals surface area (Å²) in [5.74, 6) is 2.20. The van der Waals surface area contributed by atoms with E-state index >= 15 is 0 Å². The lowest BCUT2D eigenvalue weighted by Crippen LogP contribution is -2.44. The third-order valence-corrected chi connectivity index (χ3v) is 6.44. The number of hydrogen-bond acceptors (Lipinski definition) is 5. The van der Waals surface area contributed by atoms with E-state index in [9.17, 15) is 4.79 Å². The zero-order valence-electron chi connectivity index (χ0n) is 17.7. The number of aromatic nitrogens is 1. The zero-order valence-corrected chi connectivity index (χ0v) is 17.7. The van der Waals surface area contributed by atoms with Gasteiger partial charge in [-0.25, -0.2) is 4.98 Å². The molecule has 2 fully saturated rings. The van der Waals surface area contributed by atoms with E-state index < -0.39 is 0 Å². The van der Waals surface area contributed by atoms with E-state index in [1.807, 2.05) is 42.6 Å². The standard InChI is InChI=1S/C24H32N4O2/c1-30-22-14-20-16-28(17-24(29)26-12-10-18-7-3-2-4-8-18)15-19(20)13-21(22)27-23-9-5-6-11-25-23/h2-9,11,19-22H,10,12-17H2,1H3,(H,25,27)(H,26,29)/t19-,20+,21-,22-/m1/s1. The van der Waals surface area contributed by atoms with Gasteiger partial charge < -0.3 is 15.4 Å². The fraction of sp³-hybridized carbons (Fsp3) is 0.500. The molecule has 2 N–H and O–H groups in total. The first-order valence-electron chi connectivity index (χ1n) is 10.9. The molecule has 2 aliphatic rings. The SMILES string of the molecule is CO[C@@H]1C[C@H]2CN(CC(=O)NCCc3ccccc3)C[C@H]2C[C@H]1Nc1ccccn1. The minimum atomic E-state index is 0.121. The van der Waals surface area contributed by atoms with Crippen molar-refractivity contribution in [1.29, 1.82) is 0 Å². The Bertz CT molecular complexity index is 801. The van der Waals surface area contributed by atoms with Crippen molar-refractivity contribution in [3.05, 3.63) is 60.3 Å². The third kappa shape index (κ3) is 5.37. The number of rotatable bonds is 8. The maximum absolute atomic E-state index is 12.4. The lowest BCUT2D eigenvalue weighted by molar-refractivity contribution is -0.122. The Morgan fingerprint density at radius 2 is 1.87 bits per heavy atom. The number of hydrogen-bond donors (Lipinski definition) is 2. The molecule has 1 aliphatic carbocycles. The summed E-state index contributed by atoms with van der Waals surface area (Å²) in [6.45, 7) is 3.13. The second-order valence-electron chi connectivity index (χ2n) is 8.51. The van der Waals surface area contributed by atoms with Crippen LogP contribution in [0.25, 0.3) is 0 Å². The second kappa shape index (κ2) is 10.0. The third-order valence-electron chi connectivity index (χ3n) is 6.44. The molecule has 160 valence electrons. The number of likely N-dealkylation sites (tertiary alicyclic amines) is 1. The Morgan fingerprint density at radius 1 is 1.10 bits per heavy atom. The Morgan fingerprint density at radius 3 is 2.60 bits per heavy atom. The molecule has 1 aromatic carbocycles. The molecule has 2 aromatic rings. The van der Waals surface area contributed by atoms with Crippen LogP contribution in [0, 0.1) is 11.8 Å². The van der Waals surface area contributed by atoms with Crippen LogP contribution in [0.2, 0.25) is 0 Å². The van der Waals surface area contributed by atoms with Gasteiger partial charge in [-0.2, -0.15) is 0 Å². The predicted molar refractivity (Wildman–Crippen MR) is 118 cm³/mol. The summed E-state index contributed by atoms with van der Waals surface area (Å²) in [6.07, 6.45) is 4.93. The number of pyridine rings is 1. The molecule has 1 aromatic heterocycles. The van der Waals surface area contributed by atoms with Crippen molar-refractivity contribution >= 4 is 11.7 Å². The van der Waals surface area contributed by atoms with Gasteiger partial charge >= 0.3 is 0 Å². The topological polar surface area (TPSA) is 66.5 Å². The molecule has 30 heavy (non-hydrogen) atoms. The Kier molecular flexibility index (Phi) is 6.97. The van der Waals surface area contributed by atoms with Crippen LogP contribution in [-0.4, -0.2) is 61.2 Å². The van der Waals surface area contributed by atoms with Crippen LogP contribution in [0.5, 0.6) is 0 Å². The lowest BCUT2D eigenvalue weighted by atomic mass is 9.77. The maximum Gasteiger partial charge on any atom is 0.234 e. The van der Waals surface area contributed by atoms with Crippen LogP contribution in [-0.2, 0) is 16.0 Å². The smallest absolute Gasteiger partial charge is 0.234 e. The summed E-state index contributed by atoms with van der Waals surface area (Å²) in [5.41, 5.74) is 1.25. The van der Waals surface area contributed by atoms with E-state index in [1.54, 1.807) is 7.11 Å². The first kappa shape index (κ1) is 20.8. The Hall–Kier alpha value is -2.44. The van der Waals surface area contributed by atoms with Crippen LogP contribution in [0.3, 0.4) is 0 Å². The van der Waals surface area contributed by atoms with Gasteiger partial charge in [0.05, 0.1) is 18.7 Å². The molecule has 1 saturated carbocycles. The number of fused-ring (bicyclic) bond motifs is 1. The van der Waals surface area contributed by atoms with Gasteiger partial charge in [0.2, 0.25) is 5.91 Å². The largest absolute Gasteiger partial charge is 0.379 e. The van der Waals surface area contributed by atoms with Gasteiger partial charge in [-0.3, -0.25) is 9.69 Å². The average molecular weight is 409 g/mol. The molecule has 0 bridgehead atoms. The summed E-state index contributed by atoms with van der Waals surface area (Å²) < 4.78 is 5.81. The van der Waals surface area contributed by atoms with Gasteiger partial charge in [-0.15, -0.1) is 0 Å². The fourth-order valence-corrected chi connectivity index (χ4v) is 4.94. The number of carbonyl (C=O) groups is 1. The number of amides is 1. The average Bonchev–Trinajstić information content (AvgIpc) is 3.15. The molecule has 6 heteroatoms. The van der Waals surface area contributed by atoms with Crippen LogP contribution in [0.15, 0.2) is 54.7 Å². The summed E-state index contributed by atoms with van der Waals surface area (Å²) in [5, 5.41) is 6.63. The van der Waals surface area contributed by atoms with Crippen LogP contribution >= 0.6 is 0 Å². The van der Waals surface area contributed by atoms with Crippen molar-refractivity contribution in [2.75, 3.05) is 38.6 Å². The number of nitrogens with zero attached hydrogens (tertiary/aromatic N) is 2.